The summed E-state index contributed by atoms with van der Waals surface area (Å²) in [6.45, 7) is 3.26. The van der Waals surface area contributed by atoms with Crippen LogP contribution < -0.4 is 4.89 Å². The molecule has 0 aliphatic carbocycles. The number of carbonyl (C=O) groups excluding carboxylic acids is 2. The van der Waals surface area contributed by atoms with Crippen molar-refractivity contribution in [3.8, 4) is 47.4 Å². The van der Waals surface area contributed by atoms with Crippen LogP contribution in [0.5, 0.6) is 0 Å². The van der Waals surface area contributed by atoms with Gasteiger partial charge in [-0.15, -0.1) is 0 Å². The van der Waals surface area contributed by atoms with Gasteiger partial charge < -0.3 is 24.1 Å². The molecule has 0 spiro atoms. The normalized spacial score (nSPS) is 12.6. The minimum atomic E-state index is -5.42. The second kappa shape index (κ2) is 49.4. The largest absolute Gasteiger partial charge is 0.756 e. The quantitative estimate of drug-likeness (QED) is 0.0154. The van der Waals surface area contributed by atoms with Crippen molar-refractivity contribution in [1.29, 1.82) is 0 Å². The second-order valence-corrected chi connectivity index (χ2v) is 22.9. The number of rotatable bonds is 50. The van der Waals surface area contributed by atoms with Crippen molar-refractivity contribution in [2.24, 2.45) is 0 Å². The maximum absolute atomic E-state index is 13.6. The summed E-state index contributed by atoms with van der Waals surface area (Å²) in [6, 6.07) is 0. The number of aliphatic hydroxyl groups is 2. The van der Waals surface area contributed by atoms with Crippen molar-refractivity contribution in [3.63, 3.8) is 0 Å². The Morgan fingerprint density at radius 3 is 1.00 bits per heavy atom. The smallest absolute Gasteiger partial charge is 0.269 e. The maximum Gasteiger partial charge on any atom is 0.269 e. The minimum absolute atomic E-state index is 0.247. The van der Waals surface area contributed by atoms with Gasteiger partial charge in [-0.2, -0.15) is 0 Å². The zero-order chi connectivity index (χ0) is 53.1. The molecule has 0 saturated heterocycles. The van der Waals surface area contributed by atoms with Gasteiger partial charge in [0.15, 0.2) is 0 Å². The lowest BCUT2D eigenvalue weighted by Crippen LogP contribution is -2.58. The molecule has 0 amide bonds. The summed E-state index contributed by atoms with van der Waals surface area (Å²) < 4.78 is 23.5. The van der Waals surface area contributed by atoms with Crippen molar-refractivity contribution in [3.05, 3.63) is 0 Å². The summed E-state index contributed by atoms with van der Waals surface area (Å²) in [6.07, 6.45) is 50.9. The Labute approximate surface area is 443 Å². The molecule has 0 radical (unpaired) electrons. The van der Waals surface area contributed by atoms with E-state index in [0.717, 1.165) is 38.5 Å². The lowest BCUT2D eigenvalue weighted by molar-refractivity contribution is -0.870. The third-order valence-electron chi connectivity index (χ3n) is 13.5. The number of nitrogens with zero attached hydrogens (tertiary/aromatic N) is 1. The van der Waals surface area contributed by atoms with Crippen LogP contribution in [-0.4, -0.2) is 78.9 Å². The van der Waals surface area contributed by atoms with E-state index in [4.69, 9.17) is 9.05 Å². The number of hydrogen-bond donors (Lipinski definition) is 2. The summed E-state index contributed by atoms with van der Waals surface area (Å²) in [4.78, 5) is 40.2. The molecule has 72 heavy (non-hydrogen) atoms. The lowest BCUT2D eigenvalue weighted by atomic mass is 9.87. The van der Waals surface area contributed by atoms with E-state index < -0.39 is 37.7 Å². The van der Waals surface area contributed by atoms with Gasteiger partial charge in [0.25, 0.3) is 7.82 Å². The topological polar surface area (TPSA) is 133 Å². The molecule has 0 aromatic heterocycles. The van der Waals surface area contributed by atoms with Crippen molar-refractivity contribution < 1.29 is 42.8 Å². The van der Waals surface area contributed by atoms with Gasteiger partial charge in [0.1, 0.15) is 19.3 Å². The highest BCUT2D eigenvalue weighted by Crippen LogP contribution is 2.45. The van der Waals surface area contributed by atoms with E-state index >= 15 is 0 Å². The first-order valence-electron chi connectivity index (χ1n) is 29.7. The van der Waals surface area contributed by atoms with Gasteiger partial charge in [0.2, 0.25) is 17.2 Å². The predicted octanol–water partition coefficient (Wildman–Crippen LogP) is 14.9. The molecule has 2 N–H and O–H groups in total. The third kappa shape index (κ3) is 42.9. The molecule has 9 nitrogen and oxygen atoms in total. The molecule has 0 rings (SSSR count). The average Bonchev–Trinajstić information content (AvgIpc) is 3.34. The van der Waals surface area contributed by atoms with Gasteiger partial charge >= 0.3 is 0 Å². The van der Waals surface area contributed by atoms with E-state index in [0.29, 0.717) is 17.3 Å². The summed E-state index contributed by atoms with van der Waals surface area (Å²) in [5, 5.41) is 20.8. The number of carbonyl (C=O) groups is 2. The number of Topliss-reactive ketones (excluding diaryl/α,β-unsaturated/α-hetero) is 2. The number of unbranched alkanes of at least 4 members (excludes halogenated alkanes) is 40. The van der Waals surface area contributed by atoms with Crippen LogP contribution in [0.3, 0.4) is 0 Å². The van der Waals surface area contributed by atoms with E-state index in [-0.39, 0.29) is 13.2 Å². The van der Waals surface area contributed by atoms with Crippen LogP contribution >= 0.6 is 7.82 Å². The molecule has 0 aliphatic heterocycles. The molecule has 10 heteroatoms. The fraction of sp³-hybridized carbons (Fsp3) is 0.839. The first kappa shape index (κ1) is 69.6. The monoisotopic (exact) mass is 1030 g/mol. The van der Waals surface area contributed by atoms with Gasteiger partial charge in [-0.3, -0.25) is 18.7 Å². The predicted molar refractivity (Wildman–Crippen MR) is 300 cm³/mol. The fourth-order valence-corrected chi connectivity index (χ4v) is 9.82. The zero-order valence-corrected chi connectivity index (χ0v) is 48.0. The first-order valence-corrected chi connectivity index (χ1v) is 31.1. The van der Waals surface area contributed by atoms with Gasteiger partial charge in [-0.1, -0.05) is 270 Å². The van der Waals surface area contributed by atoms with Crippen LogP contribution in [0.4, 0.5) is 0 Å². The fourth-order valence-electron chi connectivity index (χ4n) is 8.82. The van der Waals surface area contributed by atoms with Crippen molar-refractivity contribution in [2.75, 3.05) is 40.9 Å². The highest BCUT2D eigenvalue weighted by molar-refractivity contribution is 7.46. The summed E-state index contributed by atoms with van der Waals surface area (Å²) in [7, 11) is 0.0503. The lowest BCUT2D eigenvalue weighted by Gasteiger charge is -2.36. The third-order valence-corrected chi connectivity index (χ3v) is 14.6. The van der Waals surface area contributed by atoms with Gasteiger partial charge in [-0.25, -0.2) is 0 Å². The molecule has 414 valence electrons. The van der Waals surface area contributed by atoms with Gasteiger partial charge in [0, 0.05) is 12.8 Å². The first-order chi connectivity index (χ1) is 34.9. The Kier molecular flexibility index (Phi) is 47.8. The summed E-state index contributed by atoms with van der Waals surface area (Å²) in [5.74, 6) is 17.2. The molecule has 2 atom stereocenters. The van der Waals surface area contributed by atoms with E-state index in [1.165, 1.54) is 218 Å². The Balaban J connectivity index is 4.82. The van der Waals surface area contributed by atoms with E-state index in [1.807, 2.05) is 21.1 Å². The Morgan fingerprint density at radius 2 is 0.750 bits per heavy atom. The van der Waals surface area contributed by atoms with Crippen molar-refractivity contribution in [1.82, 2.24) is 0 Å². The molecule has 0 bridgehead atoms. The van der Waals surface area contributed by atoms with E-state index in [1.54, 1.807) is 0 Å². The second-order valence-electron chi connectivity index (χ2n) is 21.5. The number of quaternary nitrogens is 1. The number of ketones is 2. The van der Waals surface area contributed by atoms with Crippen LogP contribution in [0.25, 0.3) is 0 Å². The van der Waals surface area contributed by atoms with Crippen LogP contribution in [0, 0.1) is 47.4 Å². The molecule has 0 saturated carbocycles. The molecule has 0 aromatic carbocycles. The van der Waals surface area contributed by atoms with Crippen molar-refractivity contribution >= 4 is 19.4 Å². The number of phosphoric ester groups is 1. The molecular formula is C62H108NO8P. The zero-order valence-electron chi connectivity index (χ0n) is 47.1. The summed E-state index contributed by atoms with van der Waals surface area (Å²) >= 11 is 0. The van der Waals surface area contributed by atoms with Crippen LogP contribution in [-0.2, 0) is 23.2 Å². The molecule has 0 heterocycles. The molecular weight excluding hydrogens is 918 g/mol. The average molecular weight is 1030 g/mol. The Morgan fingerprint density at radius 1 is 0.486 bits per heavy atom. The molecule has 0 aliphatic rings. The van der Waals surface area contributed by atoms with Crippen LogP contribution in [0.1, 0.15) is 284 Å². The van der Waals surface area contributed by atoms with E-state index in [9.17, 15) is 29.3 Å². The van der Waals surface area contributed by atoms with Crippen molar-refractivity contribution in [2.45, 2.75) is 295 Å². The highest BCUT2D eigenvalue weighted by Gasteiger charge is 2.54. The van der Waals surface area contributed by atoms with Crippen LogP contribution in [0.2, 0.25) is 0 Å². The van der Waals surface area contributed by atoms with Crippen LogP contribution in [0.15, 0.2) is 0 Å². The van der Waals surface area contributed by atoms with Gasteiger partial charge in [-0.05, 0) is 48.4 Å². The number of phosphoric acid groups is 1. The standard InChI is InChI=1S/C62H108NO8P/c1-6-8-10-12-14-16-18-20-22-24-26-28-30-32-34-36-38-40-42-44-46-48-50-52-54-59(65)62(61(67)58-64,71-72(68,69)70-57-56-63(3,4)5)60(66)55-53-51-49-47-45-43-41-39-37-35-33-31-29-27-25-23-21-19-17-15-13-11-9-7-2/h61,64,67H,6-47,56-58H2,1-5H3/t61-/m0/s1. The molecule has 0 aromatic rings. The molecule has 0 fully saturated rings. The summed E-state index contributed by atoms with van der Waals surface area (Å²) in [5.41, 5.74) is -3.20. The number of likely N-dealkylation sites (N-methyl/N-ethyl adjacent to an activating group) is 1. The maximum atomic E-state index is 13.6. The number of hydrogen-bond acceptors (Lipinski definition) is 8. The van der Waals surface area contributed by atoms with Gasteiger partial charge in [0.05, 0.1) is 27.7 Å². The van der Waals surface area contributed by atoms with E-state index in [2.05, 4.69) is 61.2 Å². The minimum Gasteiger partial charge on any atom is -0.756 e. The SMILES string of the molecule is CCCCCCCCCCCCCCCCCCCCCCC#CC#CC(=O)C(OP(=O)([O-])OCC[N+](C)(C)C)(C(=O)C#CC#CCCCCCCCCCCCCCCCCCCCCCC)[C@@H](O)CO. The highest BCUT2D eigenvalue weighted by atomic mass is 31.2. The number of aliphatic hydroxyl groups excluding tert-OH is 2. The Hall–Kier alpha value is -2.43. The molecule has 1 unspecified atom stereocenters. The Bertz CT molecular complexity index is 1530.